The van der Waals surface area contributed by atoms with Crippen LogP contribution in [0.15, 0.2) is 54.6 Å². The van der Waals surface area contributed by atoms with Crippen molar-refractivity contribution in [1.82, 2.24) is 10.6 Å². The van der Waals surface area contributed by atoms with Gasteiger partial charge in [0.2, 0.25) is 5.91 Å². The van der Waals surface area contributed by atoms with Gasteiger partial charge in [0.1, 0.15) is 0 Å². The summed E-state index contributed by atoms with van der Waals surface area (Å²) in [6, 6.07) is 16.5. The molecule has 3 N–H and O–H groups in total. The second-order valence-corrected chi connectivity index (χ2v) is 7.20. The summed E-state index contributed by atoms with van der Waals surface area (Å²) in [5.41, 5.74) is 2.15. The molecule has 2 aromatic rings. The van der Waals surface area contributed by atoms with Gasteiger partial charge >= 0.3 is 5.97 Å². The van der Waals surface area contributed by atoms with Crippen LogP contribution in [0.1, 0.15) is 42.1 Å². The fourth-order valence-corrected chi connectivity index (χ4v) is 2.88. The Balaban J connectivity index is 1.69. The lowest BCUT2D eigenvalue weighted by molar-refractivity contribution is -0.144. The second kappa shape index (κ2) is 13.1. The van der Waals surface area contributed by atoms with Crippen molar-refractivity contribution in [2.24, 2.45) is 0 Å². The summed E-state index contributed by atoms with van der Waals surface area (Å²) in [5.74, 6) is -1.00. The smallest absolute Gasteiger partial charge is 0.306 e. The Kier molecular flexibility index (Phi) is 10.2. The van der Waals surface area contributed by atoms with Crippen molar-refractivity contribution in [1.29, 1.82) is 0 Å². The van der Waals surface area contributed by atoms with Gasteiger partial charge in [-0.3, -0.25) is 14.4 Å². The lowest BCUT2D eigenvalue weighted by Crippen LogP contribution is -2.34. The van der Waals surface area contributed by atoms with E-state index in [-0.39, 0.29) is 30.5 Å². The molecule has 0 radical (unpaired) electrons. The van der Waals surface area contributed by atoms with Gasteiger partial charge in [0.15, 0.2) is 5.11 Å². The summed E-state index contributed by atoms with van der Waals surface area (Å²) in [7, 11) is 0. The van der Waals surface area contributed by atoms with Gasteiger partial charge in [-0.25, -0.2) is 0 Å². The Morgan fingerprint density at radius 2 is 1.77 bits per heavy atom. The summed E-state index contributed by atoms with van der Waals surface area (Å²) in [4.78, 5) is 35.9. The lowest BCUT2D eigenvalue weighted by atomic mass is 10.2. The van der Waals surface area contributed by atoms with Gasteiger partial charge in [0.05, 0.1) is 13.0 Å². The molecule has 2 aromatic carbocycles. The second-order valence-electron chi connectivity index (χ2n) is 6.80. The molecule has 164 valence electrons. The van der Waals surface area contributed by atoms with E-state index in [4.69, 9.17) is 17.0 Å². The van der Waals surface area contributed by atoms with E-state index in [1.165, 1.54) is 0 Å². The topological polar surface area (TPSA) is 96.5 Å². The number of nitrogens with one attached hydrogen (secondary N) is 3. The largest absolute Gasteiger partial charge is 0.465 e. The minimum atomic E-state index is -0.434. The molecule has 0 atom stereocenters. The van der Waals surface area contributed by atoms with E-state index in [1.807, 2.05) is 37.3 Å². The molecule has 0 fully saturated rings. The number of hydrogen-bond donors (Lipinski definition) is 3. The Bertz CT molecular complexity index is 903. The normalized spacial score (nSPS) is 10.1. The van der Waals surface area contributed by atoms with Crippen LogP contribution < -0.4 is 16.0 Å². The molecule has 0 saturated carbocycles. The Morgan fingerprint density at radius 3 is 2.52 bits per heavy atom. The standard InChI is InChI=1S/C23H27N3O4S/c1-2-14-24-22(29)18-9-6-10-19(16-18)25-23(31)26-20(27)11-12-21(28)30-15-13-17-7-4-3-5-8-17/h3-10,16H,2,11-15H2,1H3,(H,24,29)(H2,25,26,27,31). The van der Waals surface area contributed by atoms with Crippen LogP contribution in [0.4, 0.5) is 5.69 Å². The van der Waals surface area contributed by atoms with Gasteiger partial charge in [0, 0.05) is 30.6 Å². The third-order valence-corrected chi connectivity index (χ3v) is 4.43. The number of amides is 2. The number of carbonyl (C=O) groups excluding carboxylic acids is 3. The van der Waals surface area contributed by atoms with Gasteiger partial charge in [-0.05, 0) is 42.4 Å². The predicted octanol–water partition coefficient (Wildman–Crippen LogP) is 3.21. The van der Waals surface area contributed by atoms with Crippen molar-refractivity contribution >= 4 is 40.8 Å². The minimum Gasteiger partial charge on any atom is -0.465 e. The zero-order valence-corrected chi connectivity index (χ0v) is 18.3. The van der Waals surface area contributed by atoms with Crippen LogP contribution in [0.2, 0.25) is 0 Å². The SMILES string of the molecule is CCCNC(=O)c1cccc(NC(=S)NC(=O)CCC(=O)OCCc2ccccc2)c1. The van der Waals surface area contributed by atoms with Gasteiger partial charge in [-0.1, -0.05) is 43.3 Å². The van der Waals surface area contributed by atoms with Crippen molar-refractivity contribution < 1.29 is 19.1 Å². The molecule has 0 aromatic heterocycles. The molecule has 0 aliphatic carbocycles. The molecule has 0 aliphatic heterocycles. The van der Waals surface area contributed by atoms with Gasteiger partial charge < -0.3 is 20.7 Å². The summed E-state index contributed by atoms with van der Waals surface area (Å²) >= 11 is 5.14. The first kappa shape index (κ1) is 24.0. The number of hydrogen-bond acceptors (Lipinski definition) is 5. The zero-order valence-electron chi connectivity index (χ0n) is 17.5. The zero-order chi connectivity index (χ0) is 22.5. The lowest BCUT2D eigenvalue weighted by Gasteiger charge is -2.11. The van der Waals surface area contributed by atoms with Gasteiger partial charge in [-0.15, -0.1) is 0 Å². The van der Waals surface area contributed by atoms with E-state index < -0.39 is 11.9 Å². The number of esters is 1. The number of carbonyl (C=O) groups is 3. The van der Waals surface area contributed by atoms with Crippen molar-refractivity contribution in [3.8, 4) is 0 Å². The summed E-state index contributed by atoms with van der Waals surface area (Å²) in [6.07, 6.45) is 1.41. The molecule has 7 nitrogen and oxygen atoms in total. The molecular weight excluding hydrogens is 414 g/mol. The molecule has 0 bridgehead atoms. The Hall–Kier alpha value is -3.26. The average Bonchev–Trinajstić information content (AvgIpc) is 2.77. The number of anilines is 1. The minimum absolute atomic E-state index is 0.0314. The maximum Gasteiger partial charge on any atom is 0.306 e. The first-order valence-electron chi connectivity index (χ1n) is 10.2. The first-order valence-corrected chi connectivity index (χ1v) is 10.6. The molecule has 0 spiro atoms. The maximum absolute atomic E-state index is 12.0. The average molecular weight is 442 g/mol. The van der Waals surface area contributed by atoms with Crippen molar-refractivity contribution in [3.05, 3.63) is 65.7 Å². The van der Waals surface area contributed by atoms with Crippen LogP contribution in [-0.4, -0.2) is 36.0 Å². The van der Waals surface area contributed by atoms with E-state index in [0.29, 0.717) is 24.2 Å². The highest BCUT2D eigenvalue weighted by Crippen LogP contribution is 2.11. The molecule has 0 aliphatic rings. The summed E-state index contributed by atoms with van der Waals surface area (Å²) < 4.78 is 5.16. The van der Waals surface area contributed by atoms with Crippen LogP contribution in [0.25, 0.3) is 0 Å². The third kappa shape index (κ3) is 9.39. The van der Waals surface area contributed by atoms with Crippen LogP contribution >= 0.6 is 12.2 Å². The van der Waals surface area contributed by atoms with Crippen molar-refractivity contribution in [2.45, 2.75) is 32.6 Å². The number of benzene rings is 2. The van der Waals surface area contributed by atoms with Crippen LogP contribution in [0.5, 0.6) is 0 Å². The molecule has 0 saturated heterocycles. The number of rotatable bonds is 10. The van der Waals surface area contributed by atoms with Crippen molar-refractivity contribution in [2.75, 3.05) is 18.5 Å². The molecule has 0 unspecified atom stereocenters. The fourth-order valence-electron chi connectivity index (χ4n) is 2.65. The Morgan fingerprint density at radius 1 is 1.00 bits per heavy atom. The highest BCUT2D eigenvalue weighted by Gasteiger charge is 2.11. The molecule has 31 heavy (non-hydrogen) atoms. The fraction of sp³-hybridized carbons (Fsp3) is 0.304. The molecule has 2 rings (SSSR count). The van der Waals surface area contributed by atoms with Gasteiger partial charge in [0.25, 0.3) is 5.91 Å². The first-order chi connectivity index (χ1) is 15.0. The van der Waals surface area contributed by atoms with E-state index >= 15 is 0 Å². The maximum atomic E-state index is 12.0. The van der Waals surface area contributed by atoms with E-state index in [9.17, 15) is 14.4 Å². The van der Waals surface area contributed by atoms with E-state index in [0.717, 1.165) is 12.0 Å². The van der Waals surface area contributed by atoms with E-state index in [2.05, 4.69) is 16.0 Å². The molecule has 0 heterocycles. The summed E-state index contributed by atoms with van der Waals surface area (Å²) in [5, 5.41) is 8.28. The predicted molar refractivity (Wildman–Crippen MR) is 124 cm³/mol. The van der Waals surface area contributed by atoms with Crippen LogP contribution in [0, 0.1) is 0 Å². The summed E-state index contributed by atoms with van der Waals surface area (Å²) in [6.45, 7) is 2.84. The van der Waals surface area contributed by atoms with Crippen LogP contribution in [-0.2, 0) is 20.7 Å². The highest BCUT2D eigenvalue weighted by molar-refractivity contribution is 7.80. The van der Waals surface area contributed by atoms with E-state index in [1.54, 1.807) is 24.3 Å². The van der Waals surface area contributed by atoms with Gasteiger partial charge in [-0.2, -0.15) is 0 Å². The Labute approximate surface area is 187 Å². The molecule has 8 heteroatoms. The highest BCUT2D eigenvalue weighted by atomic mass is 32.1. The molecule has 2 amide bonds. The monoisotopic (exact) mass is 441 g/mol. The third-order valence-electron chi connectivity index (χ3n) is 4.22. The quantitative estimate of drug-likeness (QED) is 0.387. The van der Waals surface area contributed by atoms with Crippen molar-refractivity contribution in [3.63, 3.8) is 0 Å². The number of ether oxygens (including phenoxy) is 1. The van der Waals surface area contributed by atoms with Crippen LogP contribution in [0.3, 0.4) is 0 Å². The molecular formula is C23H27N3O4S. The number of thiocarbonyl (C=S) groups is 1.